The van der Waals surface area contributed by atoms with E-state index in [2.05, 4.69) is 10.4 Å². The molecule has 2 rings (SSSR count). The number of hydrogen-bond donors (Lipinski definition) is 2. The Hall–Kier alpha value is -2.18. The number of hydrogen-bond acceptors (Lipinski definition) is 4. The summed E-state index contributed by atoms with van der Waals surface area (Å²) < 4.78 is 1.55. The van der Waals surface area contributed by atoms with E-state index in [9.17, 15) is 14.4 Å². The first-order chi connectivity index (χ1) is 10.5. The number of Topliss-reactive ketones (excluding diaryl/α,β-unsaturated/α-hetero) is 1. The first kappa shape index (κ1) is 16.2. The van der Waals surface area contributed by atoms with Crippen molar-refractivity contribution in [1.29, 1.82) is 0 Å². The molecule has 1 heterocycles. The monoisotopic (exact) mass is 306 g/mol. The van der Waals surface area contributed by atoms with Crippen molar-refractivity contribution >= 4 is 17.6 Å². The predicted molar refractivity (Wildman–Crippen MR) is 79.9 cm³/mol. The molecule has 1 aromatic heterocycles. The molecule has 0 radical (unpaired) electrons. The Morgan fingerprint density at radius 3 is 2.68 bits per heavy atom. The van der Waals surface area contributed by atoms with E-state index in [1.165, 1.54) is 6.20 Å². The van der Waals surface area contributed by atoms with Gasteiger partial charge in [-0.25, -0.2) is 0 Å². The minimum absolute atomic E-state index is 0.107. The van der Waals surface area contributed by atoms with E-state index in [0.717, 1.165) is 25.7 Å². The molecule has 22 heavy (non-hydrogen) atoms. The minimum atomic E-state index is -0.364. The lowest BCUT2D eigenvalue weighted by atomic mass is 9.84. The van der Waals surface area contributed by atoms with E-state index in [4.69, 9.17) is 5.73 Å². The molecule has 120 valence electrons. The first-order valence-corrected chi connectivity index (χ1v) is 7.58. The Kier molecular flexibility index (Phi) is 5.30. The molecule has 2 unspecified atom stereocenters. The number of nitrogens with zero attached hydrogens (tertiary/aromatic N) is 2. The number of aromatic nitrogens is 2. The van der Waals surface area contributed by atoms with Crippen LogP contribution in [-0.2, 0) is 16.6 Å². The fraction of sp³-hybridized carbons (Fsp3) is 0.600. The van der Waals surface area contributed by atoms with E-state index >= 15 is 0 Å². The highest BCUT2D eigenvalue weighted by molar-refractivity contribution is 5.97. The predicted octanol–water partition coefficient (Wildman–Crippen LogP) is 0.543. The summed E-state index contributed by atoms with van der Waals surface area (Å²) in [6, 6.07) is -0.202. The summed E-state index contributed by atoms with van der Waals surface area (Å²) >= 11 is 0. The molecule has 1 saturated carbocycles. The van der Waals surface area contributed by atoms with Gasteiger partial charge in [-0.15, -0.1) is 0 Å². The van der Waals surface area contributed by atoms with Crippen LogP contribution in [0.25, 0.3) is 0 Å². The van der Waals surface area contributed by atoms with Crippen LogP contribution in [0, 0.1) is 5.92 Å². The van der Waals surface area contributed by atoms with Crippen molar-refractivity contribution in [2.75, 3.05) is 0 Å². The van der Waals surface area contributed by atoms with Gasteiger partial charge >= 0.3 is 0 Å². The Morgan fingerprint density at radius 2 is 2.05 bits per heavy atom. The van der Waals surface area contributed by atoms with E-state index < -0.39 is 0 Å². The van der Waals surface area contributed by atoms with Crippen LogP contribution < -0.4 is 11.1 Å². The number of nitrogens with two attached hydrogens (primary N) is 1. The van der Waals surface area contributed by atoms with Crippen LogP contribution in [-0.4, -0.2) is 33.4 Å². The van der Waals surface area contributed by atoms with Crippen LogP contribution in [0.3, 0.4) is 0 Å². The van der Waals surface area contributed by atoms with E-state index in [0.29, 0.717) is 5.56 Å². The Morgan fingerprint density at radius 1 is 1.32 bits per heavy atom. The highest BCUT2D eigenvalue weighted by atomic mass is 16.2. The molecule has 7 nitrogen and oxygen atoms in total. The van der Waals surface area contributed by atoms with Crippen molar-refractivity contribution in [2.24, 2.45) is 18.7 Å². The maximum Gasteiger partial charge on any atom is 0.222 e. The minimum Gasteiger partial charge on any atom is -0.369 e. The largest absolute Gasteiger partial charge is 0.369 e. The second-order valence-corrected chi connectivity index (χ2v) is 5.79. The van der Waals surface area contributed by atoms with E-state index in [1.807, 2.05) is 0 Å². The molecule has 1 aliphatic carbocycles. The summed E-state index contributed by atoms with van der Waals surface area (Å²) in [7, 11) is 1.73. The lowest BCUT2D eigenvalue weighted by Crippen LogP contribution is -2.47. The van der Waals surface area contributed by atoms with E-state index in [-0.39, 0.29) is 42.4 Å². The summed E-state index contributed by atoms with van der Waals surface area (Å²) in [5.74, 6) is -0.989. The number of ketones is 1. The van der Waals surface area contributed by atoms with Gasteiger partial charge in [-0.2, -0.15) is 5.10 Å². The van der Waals surface area contributed by atoms with Gasteiger partial charge in [0.15, 0.2) is 5.78 Å². The van der Waals surface area contributed by atoms with Crippen molar-refractivity contribution in [3.8, 4) is 0 Å². The molecule has 1 aromatic rings. The zero-order chi connectivity index (χ0) is 16.1. The second kappa shape index (κ2) is 7.20. The molecule has 3 N–H and O–H groups in total. The fourth-order valence-corrected chi connectivity index (χ4v) is 2.86. The summed E-state index contributed by atoms with van der Waals surface area (Å²) in [6.45, 7) is 0. The maximum atomic E-state index is 12.0. The lowest BCUT2D eigenvalue weighted by molar-refractivity contribution is -0.126. The van der Waals surface area contributed by atoms with Gasteiger partial charge in [-0.3, -0.25) is 19.1 Å². The molecule has 0 spiro atoms. The van der Waals surface area contributed by atoms with Crippen LogP contribution in [0.2, 0.25) is 0 Å². The molecule has 0 bridgehead atoms. The molecule has 0 saturated heterocycles. The Bertz CT molecular complexity index is 567. The molecule has 2 atom stereocenters. The third-order valence-corrected chi connectivity index (χ3v) is 4.08. The fourth-order valence-electron chi connectivity index (χ4n) is 2.86. The molecule has 2 amide bonds. The van der Waals surface area contributed by atoms with Gasteiger partial charge in [0.25, 0.3) is 0 Å². The maximum absolute atomic E-state index is 12.0. The van der Waals surface area contributed by atoms with Crippen molar-refractivity contribution in [2.45, 2.75) is 44.6 Å². The Balaban J connectivity index is 1.82. The molecule has 1 fully saturated rings. The van der Waals surface area contributed by atoms with Gasteiger partial charge in [-0.1, -0.05) is 12.8 Å². The summed E-state index contributed by atoms with van der Waals surface area (Å²) in [5.41, 5.74) is 5.88. The van der Waals surface area contributed by atoms with Gasteiger partial charge in [0.2, 0.25) is 11.8 Å². The van der Waals surface area contributed by atoms with Gasteiger partial charge in [-0.05, 0) is 12.8 Å². The van der Waals surface area contributed by atoms with Crippen molar-refractivity contribution in [3.05, 3.63) is 18.0 Å². The topological polar surface area (TPSA) is 107 Å². The normalized spacial score (nSPS) is 21.3. The molecule has 1 aliphatic rings. The highest BCUT2D eigenvalue weighted by Crippen LogP contribution is 2.24. The van der Waals surface area contributed by atoms with Crippen molar-refractivity contribution < 1.29 is 14.4 Å². The molecule has 0 aliphatic heterocycles. The average Bonchev–Trinajstić information content (AvgIpc) is 2.92. The van der Waals surface area contributed by atoms with Gasteiger partial charge in [0.1, 0.15) is 0 Å². The van der Waals surface area contributed by atoms with Crippen molar-refractivity contribution in [3.63, 3.8) is 0 Å². The second-order valence-electron chi connectivity index (χ2n) is 5.79. The summed E-state index contributed by atoms with van der Waals surface area (Å²) in [5, 5.41) is 6.78. The zero-order valence-electron chi connectivity index (χ0n) is 12.7. The standard InChI is InChI=1S/C15H22N4O3/c1-19-9-10(8-17-19)13(20)6-7-14(21)18-12-5-3-2-4-11(12)15(16)22/h8-9,11-12H,2-7H2,1H3,(H2,16,22)(H,18,21). The number of carbonyl (C=O) groups excluding carboxylic acids is 3. The third kappa shape index (κ3) is 4.16. The van der Waals surface area contributed by atoms with Gasteiger partial charge < -0.3 is 11.1 Å². The number of amides is 2. The smallest absolute Gasteiger partial charge is 0.222 e. The van der Waals surface area contributed by atoms with Crippen LogP contribution in [0.4, 0.5) is 0 Å². The Labute approximate surface area is 129 Å². The lowest BCUT2D eigenvalue weighted by Gasteiger charge is -2.29. The number of nitrogens with one attached hydrogen (secondary N) is 1. The number of rotatable bonds is 6. The van der Waals surface area contributed by atoms with Crippen LogP contribution in [0.5, 0.6) is 0 Å². The molecular formula is C15H22N4O3. The first-order valence-electron chi connectivity index (χ1n) is 7.58. The molecule has 7 heteroatoms. The van der Waals surface area contributed by atoms with Gasteiger partial charge in [0.05, 0.1) is 17.7 Å². The highest BCUT2D eigenvalue weighted by Gasteiger charge is 2.30. The van der Waals surface area contributed by atoms with Crippen LogP contribution in [0.15, 0.2) is 12.4 Å². The SMILES string of the molecule is Cn1cc(C(=O)CCC(=O)NC2CCCCC2C(N)=O)cn1. The number of primary amides is 1. The number of aryl methyl sites for hydroxylation is 1. The summed E-state index contributed by atoms with van der Waals surface area (Å²) in [4.78, 5) is 35.3. The quantitative estimate of drug-likeness (QED) is 0.748. The van der Waals surface area contributed by atoms with Crippen molar-refractivity contribution in [1.82, 2.24) is 15.1 Å². The average molecular weight is 306 g/mol. The van der Waals surface area contributed by atoms with Gasteiger partial charge in [0, 0.05) is 32.1 Å². The zero-order valence-corrected chi connectivity index (χ0v) is 12.7. The third-order valence-electron chi connectivity index (χ3n) is 4.08. The summed E-state index contributed by atoms with van der Waals surface area (Å²) in [6.07, 6.45) is 6.77. The molecule has 0 aromatic carbocycles. The molecular weight excluding hydrogens is 284 g/mol. The van der Waals surface area contributed by atoms with Crippen LogP contribution >= 0.6 is 0 Å². The van der Waals surface area contributed by atoms with E-state index in [1.54, 1.807) is 17.9 Å². The van der Waals surface area contributed by atoms with Crippen LogP contribution in [0.1, 0.15) is 48.9 Å². The number of carbonyl (C=O) groups is 3.